The summed E-state index contributed by atoms with van der Waals surface area (Å²) >= 11 is 0. The molecule has 0 bridgehead atoms. The van der Waals surface area contributed by atoms with Crippen molar-refractivity contribution in [1.82, 2.24) is 5.32 Å². The highest BCUT2D eigenvalue weighted by molar-refractivity contribution is 5.32. The maximum atomic E-state index is 5.64. The molecule has 2 atom stereocenters. The van der Waals surface area contributed by atoms with E-state index in [1.807, 2.05) is 0 Å². The maximum absolute atomic E-state index is 5.64. The standard InChI is InChI=1S/C16H25NO/c1-4-17-16(15-6-5-9-18-11-15)14-8-7-12(2)13(3)10-14/h7-8,10,15-17H,4-6,9,11H2,1-3H3. The van der Waals surface area contributed by atoms with Crippen LogP contribution in [0, 0.1) is 19.8 Å². The van der Waals surface area contributed by atoms with Gasteiger partial charge in [0.1, 0.15) is 0 Å². The van der Waals surface area contributed by atoms with Gasteiger partial charge in [-0.25, -0.2) is 0 Å². The summed E-state index contributed by atoms with van der Waals surface area (Å²) in [5.74, 6) is 0.612. The number of benzene rings is 1. The van der Waals surface area contributed by atoms with E-state index in [4.69, 9.17) is 4.74 Å². The molecule has 1 heterocycles. The molecule has 1 fully saturated rings. The molecule has 0 spiro atoms. The molecule has 1 aromatic rings. The quantitative estimate of drug-likeness (QED) is 0.880. The minimum Gasteiger partial charge on any atom is -0.381 e. The van der Waals surface area contributed by atoms with E-state index in [2.05, 4.69) is 44.3 Å². The molecule has 100 valence electrons. The molecule has 1 N–H and O–H groups in total. The molecule has 18 heavy (non-hydrogen) atoms. The molecule has 0 aliphatic carbocycles. The van der Waals surface area contributed by atoms with Crippen LogP contribution in [0.3, 0.4) is 0 Å². The third-order valence-corrected chi connectivity index (χ3v) is 3.98. The van der Waals surface area contributed by atoms with Gasteiger partial charge in [-0.2, -0.15) is 0 Å². The van der Waals surface area contributed by atoms with E-state index in [-0.39, 0.29) is 0 Å². The Morgan fingerprint density at radius 1 is 1.33 bits per heavy atom. The lowest BCUT2D eigenvalue weighted by molar-refractivity contribution is 0.0393. The fourth-order valence-electron chi connectivity index (χ4n) is 2.76. The summed E-state index contributed by atoms with van der Waals surface area (Å²) < 4.78 is 5.64. The Kier molecular flexibility index (Phi) is 4.79. The molecule has 0 amide bonds. The predicted molar refractivity (Wildman–Crippen MR) is 75.9 cm³/mol. The van der Waals surface area contributed by atoms with Crippen LogP contribution in [0.2, 0.25) is 0 Å². The third kappa shape index (κ3) is 3.12. The average molecular weight is 247 g/mol. The molecule has 0 aromatic heterocycles. The van der Waals surface area contributed by atoms with Crippen molar-refractivity contribution in [1.29, 1.82) is 0 Å². The van der Waals surface area contributed by atoms with Crippen LogP contribution in [0.15, 0.2) is 18.2 Å². The highest BCUT2D eigenvalue weighted by atomic mass is 16.5. The fourth-order valence-corrected chi connectivity index (χ4v) is 2.76. The maximum Gasteiger partial charge on any atom is 0.0512 e. The second-order valence-corrected chi connectivity index (χ2v) is 5.36. The van der Waals surface area contributed by atoms with Gasteiger partial charge in [-0.15, -0.1) is 0 Å². The first-order valence-electron chi connectivity index (χ1n) is 7.10. The minimum atomic E-state index is 0.439. The number of aryl methyl sites for hydroxylation is 2. The van der Waals surface area contributed by atoms with Crippen LogP contribution in [0.25, 0.3) is 0 Å². The zero-order valence-electron chi connectivity index (χ0n) is 11.8. The lowest BCUT2D eigenvalue weighted by Crippen LogP contribution is -2.33. The van der Waals surface area contributed by atoms with E-state index in [0.717, 1.165) is 19.8 Å². The first kappa shape index (κ1) is 13.6. The molecule has 1 saturated heterocycles. The Morgan fingerprint density at radius 3 is 2.78 bits per heavy atom. The monoisotopic (exact) mass is 247 g/mol. The van der Waals surface area contributed by atoms with Gasteiger partial charge in [0.15, 0.2) is 0 Å². The second kappa shape index (κ2) is 6.35. The Labute approximate surface area is 111 Å². The van der Waals surface area contributed by atoms with E-state index in [0.29, 0.717) is 12.0 Å². The molecular weight excluding hydrogens is 222 g/mol. The number of nitrogens with one attached hydrogen (secondary N) is 1. The van der Waals surface area contributed by atoms with Crippen molar-refractivity contribution in [2.45, 2.75) is 39.7 Å². The molecular formula is C16H25NO. The average Bonchev–Trinajstić information content (AvgIpc) is 2.40. The number of ether oxygens (including phenoxy) is 1. The highest BCUT2D eigenvalue weighted by Gasteiger charge is 2.25. The molecule has 1 aromatic carbocycles. The topological polar surface area (TPSA) is 21.3 Å². The van der Waals surface area contributed by atoms with Crippen molar-refractivity contribution in [2.75, 3.05) is 19.8 Å². The first-order chi connectivity index (χ1) is 8.72. The third-order valence-electron chi connectivity index (χ3n) is 3.98. The zero-order chi connectivity index (χ0) is 13.0. The normalized spacial score (nSPS) is 21.8. The molecule has 2 nitrogen and oxygen atoms in total. The van der Waals surface area contributed by atoms with Crippen molar-refractivity contribution >= 4 is 0 Å². The van der Waals surface area contributed by atoms with E-state index < -0.39 is 0 Å². The van der Waals surface area contributed by atoms with Gasteiger partial charge in [-0.1, -0.05) is 25.1 Å². The smallest absolute Gasteiger partial charge is 0.0512 e. The Hall–Kier alpha value is -0.860. The summed E-state index contributed by atoms with van der Waals surface area (Å²) in [5, 5.41) is 3.64. The van der Waals surface area contributed by atoms with Crippen LogP contribution < -0.4 is 5.32 Å². The zero-order valence-corrected chi connectivity index (χ0v) is 11.8. The van der Waals surface area contributed by atoms with E-state index in [1.165, 1.54) is 29.5 Å². The van der Waals surface area contributed by atoms with Crippen LogP contribution in [-0.2, 0) is 4.74 Å². The molecule has 2 unspecified atom stereocenters. The van der Waals surface area contributed by atoms with Gasteiger partial charge in [0, 0.05) is 18.6 Å². The lowest BCUT2D eigenvalue weighted by atomic mass is 9.87. The molecule has 0 radical (unpaired) electrons. The summed E-state index contributed by atoms with van der Waals surface area (Å²) in [5.41, 5.74) is 4.16. The molecule has 0 saturated carbocycles. The minimum absolute atomic E-state index is 0.439. The number of rotatable bonds is 4. The van der Waals surface area contributed by atoms with Crippen molar-refractivity contribution in [3.63, 3.8) is 0 Å². The van der Waals surface area contributed by atoms with Gasteiger partial charge in [-0.3, -0.25) is 0 Å². The van der Waals surface area contributed by atoms with Crippen LogP contribution in [-0.4, -0.2) is 19.8 Å². The van der Waals surface area contributed by atoms with Crippen molar-refractivity contribution < 1.29 is 4.74 Å². The molecule has 1 aliphatic heterocycles. The summed E-state index contributed by atoms with van der Waals surface area (Å²) in [7, 11) is 0. The Balaban J connectivity index is 2.19. The van der Waals surface area contributed by atoms with E-state index in [1.54, 1.807) is 0 Å². The van der Waals surface area contributed by atoms with Gasteiger partial charge in [0.05, 0.1) is 6.61 Å². The largest absolute Gasteiger partial charge is 0.381 e. The summed E-state index contributed by atoms with van der Waals surface area (Å²) in [4.78, 5) is 0. The fraction of sp³-hybridized carbons (Fsp3) is 0.625. The molecule has 2 heteroatoms. The Morgan fingerprint density at radius 2 is 2.17 bits per heavy atom. The van der Waals surface area contributed by atoms with Gasteiger partial charge >= 0.3 is 0 Å². The van der Waals surface area contributed by atoms with Crippen LogP contribution in [0.4, 0.5) is 0 Å². The highest BCUT2D eigenvalue weighted by Crippen LogP contribution is 2.29. The lowest BCUT2D eigenvalue weighted by Gasteiger charge is -2.31. The van der Waals surface area contributed by atoms with E-state index >= 15 is 0 Å². The van der Waals surface area contributed by atoms with Crippen LogP contribution in [0.1, 0.15) is 42.5 Å². The van der Waals surface area contributed by atoms with Crippen molar-refractivity contribution in [3.05, 3.63) is 34.9 Å². The number of hydrogen-bond acceptors (Lipinski definition) is 2. The van der Waals surface area contributed by atoms with Crippen LogP contribution >= 0.6 is 0 Å². The van der Waals surface area contributed by atoms with Crippen molar-refractivity contribution in [3.8, 4) is 0 Å². The molecule has 2 rings (SSSR count). The summed E-state index contributed by atoms with van der Waals surface area (Å²) in [6.07, 6.45) is 2.46. The first-order valence-corrected chi connectivity index (χ1v) is 7.10. The second-order valence-electron chi connectivity index (χ2n) is 5.36. The van der Waals surface area contributed by atoms with Gasteiger partial charge in [-0.05, 0) is 49.9 Å². The van der Waals surface area contributed by atoms with E-state index in [9.17, 15) is 0 Å². The van der Waals surface area contributed by atoms with Gasteiger partial charge in [0.2, 0.25) is 0 Å². The Bertz CT molecular complexity index is 383. The predicted octanol–water partition coefficient (Wildman–Crippen LogP) is 3.38. The van der Waals surface area contributed by atoms with Gasteiger partial charge in [0.25, 0.3) is 0 Å². The SMILES string of the molecule is CCNC(c1ccc(C)c(C)c1)C1CCCOC1. The molecule has 1 aliphatic rings. The number of hydrogen-bond donors (Lipinski definition) is 1. The summed E-state index contributed by atoms with van der Waals surface area (Å²) in [6.45, 7) is 9.38. The van der Waals surface area contributed by atoms with Crippen LogP contribution in [0.5, 0.6) is 0 Å². The summed E-state index contributed by atoms with van der Waals surface area (Å²) in [6, 6.07) is 7.27. The van der Waals surface area contributed by atoms with Gasteiger partial charge < -0.3 is 10.1 Å². The van der Waals surface area contributed by atoms with Crippen molar-refractivity contribution in [2.24, 2.45) is 5.92 Å².